The summed E-state index contributed by atoms with van der Waals surface area (Å²) in [5, 5.41) is 12.3. The molecule has 2 nitrogen and oxygen atoms in total. The van der Waals surface area contributed by atoms with Crippen LogP contribution in [0.1, 0.15) is 45.4 Å². The molecule has 0 aromatic heterocycles. The van der Waals surface area contributed by atoms with Gasteiger partial charge in [-0.2, -0.15) is 5.26 Å². The zero-order chi connectivity index (χ0) is 9.57. The standard InChI is InChI=1S/C11H20N2/c1-2-3-4-8-13-10-11(9-12)6-5-7-11/h13H,2-8,10H2,1H3. The van der Waals surface area contributed by atoms with Crippen molar-refractivity contribution in [1.29, 1.82) is 5.26 Å². The first kappa shape index (κ1) is 10.5. The van der Waals surface area contributed by atoms with E-state index in [1.54, 1.807) is 0 Å². The Morgan fingerprint density at radius 3 is 2.62 bits per heavy atom. The lowest BCUT2D eigenvalue weighted by molar-refractivity contribution is 0.207. The highest BCUT2D eigenvalue weighted by atomic mass is 14.9. The van der Waals surface area contributed by atoms with Crippen LogP contribution in [0.25, 0.3) is 0 Å². The minimum Gasteiger partial charge on any atom is -0.315 e. The second kappa shape index (κ2) is 5.24. The third-order valence-electron chi connectivity index (χ3n) is 2.97. The SMILES string of the molecule is CCCCCNCC1(C#N)CCC1. The van der Waals surface area contributed by atoms with Gasteiger partial charge in [0.15, 0.2) is 0 Å². The Kier molecular flexibility index (Phi) is 4.24. The summed E-state index contributed by atoms with van der Waals surface area (Å²) in [6, 6.07) is 2.44. The predicted octanol–water partition coefficient (Wildman–Crippen LogP) is 2.46. The van der Waals surface area contributed by atoms with Crippen LogP contribution < -0.4 is 5.32 Å². The fourth-order valence-electron chi connectivity index (χ4n) is 1.76. The molecular formula is C11H20N2. The molecule has 0 unspecified atom stereocenters. The summed E-state index contributed by atoms with van der Waals surface area (Å²) in [5.41, 5.74) is 0.00617. The van der Waals surface area contributed by atoms with Crippen LogP contribution in [-0.2, 0) is 0 Å². The van der Waals surface area contributed by atoms with Crippen molar-refractivity contribution in [2.45, 2.75) is 45.4 Å². The van der Waals surface area contributed by atoms with Gasteiger partial charge in [-0.1, -0.05) is 26.2 Å². The van der Waals surface area contributed by atoms with Gasteiger partial charge in [0, 0.05) is 6.54 Å². The summed E-state index contributed by atoms with van der Waals surface area (Å²) in [6.45, 7) is 4.20. The van der Waals surface area contributed by atoms with Crippen LogP contribution in [0.5, 0.6) is 0 Å². The molecule has 0 saturated heterocycles. The Hall–Kier alpha value is -0.550. The Morgan fingerprint density at radius 2 is 2.15 bits per heavy atom. The average molecular weight is 180 g/mol. The van der Waals surface area contributed by atoms with Gasteiger partial charge in [-0.25, -0.2) is 0 Å². The van der Waals surface area contributed by atoms with Gasteiger partial charge in [-0.15, -0.1) is 0 Å². The van der Waals surface area contributed by atoms with E-state index in [2.05, 4.69) is 18.3 Å². The second-order valence-corrected chi connectivity index (χ2v) is 4.13. The minimum absolute atomic E-state index is 0.00617. The summed E-state index contributed by atoms with van der Waals surface area (Å²) in [5.74, 6) is 0. The van der Waals surface area contributed by atoms with E-state index < -0.39 is 0 Å². The molecule has 0 radical (unpaired) electrons. The number of hydrogen-bond donors (Lipinski definition) is 1. The number of rotatable bonds is 6. The van der Waals surface area contributed by atoms with E-state index >= 15 is 0 Å². The highest BCUT2D eigenvalue weighted by Gasteiger charge is 2.36. The number of hydrogen-bond acceptors (Lipinski definition) is 2. The smallest absolute Gasteiger partial charge is 0.0703 e. The van der Waals surface area contributed by atoms with Crippen molar-refractivity contribution in [2.75, 3.05) is 13.1 Å². The van der Waals surface area contributed by atoms with Gasteiger partial charge >= 0.3 is 0 Å². The maximum atomic E-state index is 8.95. The summed E-state index contributed by atoms with van der Waals surface area (Å²) in [7, 11) is 0. The van der Waals surface area contributed by atoms with Gasteiger partial charge in [0.2, 0.25) is 0 Å². The molecule has 1 aliphatic rings. The maximum absolute atomic E-state index is 8.95. The number of nitriles is 1. The van der Waals surface area contributed by atoms with Crippen molar-refractivity contribution in [2.24, 2.45) is 5.41 Å². The topological polar surface area (TPSA) is 35.8 Å². The summed E-state index contributed by atoms with van der Waals surface area (Å²) < 4.78 is 0. The van der Waals surface area contributed by atoms with Gasteiger partial charge in [-0.05, 0) is 25.8 Å². The maximum Gasteiger partial charge on any atom is 0.0703 e. The first-order valence-corrected chi connectivity index (χ1v) is 5.45. The van der Waals surface area contributed by atoms with Crippen molar-refractivity contribution >= 4 is 0 Å². The van der Waals surface area contributed by atoms with Crippen molar-refractivity contribution in [1.82, 2.24) is 5.32 Å². The number of nitrogens with one attached hydrogen (secondary N) is 1. The van der Waals surface area contributed by atoms with E-state index in [-0.39, 0.29) is 5.41 Å². The van der Waals surface area contributed by atoms with Crippen LogP contribution in [0, 0.1) is 16.7 Å². The van der Waals surface area contributed by atoms with Crippen LogP contribution in [-0.4, -0.2) is 13.1 Å². The van der Waals surface area contributed by atoms with E-state index in [0.29, 0.717) is 0 Å². The zero-order valence-electron chi connectivity index (χ0n) is 8.60. The third kappa shape index (κ3) is 3.00. The molecule has 0 aromatic carbocycles. The molecule has 1 aliphatic carbocycles. The van der Waals surface area contributed by atoms with Crippen LogP contribution in [0.2, 0.25) is 0 Å². The molecule has 0 bridgehead atoms. The molecule has 0 aliphatic heterocycles. The van der Waals surface area contributed by atoms with Crippen LogP contribution in [0.15, 0.2) is 0 Å². The summed E-state index contributed by atoms with van der Waals surface area (Å²) in [6.07, 6.45) is 7.26. The monoisotopic (exact) mass is 180 g/mol. The molecular weight excluding hydrogens is 160 g/mol. The van der Waals surface area contributed by atoms with Crippen molar-refractivity contribution in [3.8, 4) is 6.07 Å². The van der Waals surface area contributed by atoms with Crippen molar-refractivity contribution in [3.63, 3.8) is 0 Å². The molecule has 0 aromatic rings. The first-order chi connectivity index (χ1) is 6.33. The van der Waals surface area contributed by atoms with Crippen molar-refractivity contribution < 1.29 is 0 Å². The summed E-state index contributed by atoms with van der Waals surface area (Å²) >= 11 is 0. The quantitative estimate of drug-likeness (QED) is 0.637. The van der Waals surface area contributed by atoms with E-state index in [0.717, 1.165) is 25.9 Å². The second-order valence-electron chi connectivity index (χ2n) is 4.13. The van der Waals surface area contributed by atoms with E-state index in [9.17, 15) is 0 Å². The number of nitrogens with zero attached hydrogens (tertiary/aromatic N) is 1. The lowest BCUT2D eigenvalue weighted by Crippen LogP contribution is -2.38. The Labute approximate surface area is 81.3 Å². The minimum atomic E-state index is 0.00617. The van der Waals surface area contributed by atoms with Gasteiger partial charge in [0.25, 0.3) is 0 Å². The molecule has 0 spiro atoms. The summed E-state index contributed by atoms with van der Waals surface area (Å²) in [4.78, 5) is 0. The normalized spacial score (nSPS) is 19.1. The molecule has 0 amide bonds. The molecule has 1 fully saturated rings. The number of unbranched alkanes of at least 4 members (excludes halogenated alkanes) is 2. The highest BCUT2D eigenvalue weighted by Crippen LogP contribution is 2.39. The van der Waals surface area contributed by atoms with Gasteiger partial charge in [0.1, 0.15) is 0 Å². The third-order valence-corrected chi connectivity index (χ3v) is 2.97. The van der Waals surface area contributed by atoms with Gasteiger partial charge < -0.3 is 5.32 Å². The molecule has 1 rings (SSSR count). The van der Waals surface area contributed by atoms with Crippen LogP contribution in [0.4, 0.5) is 0 Å². The van der Waals surface area contributed by atoms with E-state index in [1.165, 1.54) is 25.7 Å². The molecule has 13 heavy (non-hydrogen) atoms. The zero-order valence-corrected chi connectivity index (χ0v) is 8.60. The van der Waals surface area contributed by atoms with Crippen molar-refractivity contribution in [3.05, 3.63) is 0 Å². The fraction of sp³-hybridized carbons (Fsp3) is 0.909. The Balaban J connectivity index is 2.02. The largest absolute Gasteiger partial charge is 0.315 e. The van der Waals surface area contributed by atoms with Crippen LogP contribution >= 0.6 is 0 Å². The average Bonchev–Trinajstić information content (AvgIpc) is 2.09. The molecule has 1 saturated carbocycles. The van der Waals surface area contributed by atoms with E-state index in [4.69, 9.17) is 5.26 Å². The highest BCUT2D eigenvalue weighted by molar-refractivity contribution is 5.05. The van der Waals surface area contributed by atoms with E-state index in [1.807, 2.05) is 0 Å². The lowest BCUT2D eigenvalue weighted by Gasteiger charge is -2.35. The van der Waals surface area contributed by atoms with Crippen LogP contribution in [0.3, 0.4) is 0 Å². The first-order valence-electron chi connectivity index (χ1n) is 5.45. The molecule has 2 heteroatoms. The Morgan fingerprint density at radius 1 is 1.38 bits per heavy atom. The molecule has 74 valence electrons. The molecule has 0 atom stereocenters. The van der Waals surface area contributed by atoms with Gasteiger partial charge in [-0.3, -0.25) is 0 Å². The Bertz CT molecular complexity index is 177. The lowest BCUT2D eigenvalue weighted by atomic mass is 9.70. The fourth-order valence-corrected chi connectivity index (χ4v) is 1.76. The van der Waals surface area contributed by atoms with Gasteiger partial charge in [0.05, 0.1) is 11.5 Å². The predicted molar refractivity (Wildman–Crippen MR) is 54.3 cm³/mol. The molecule has 0 heterocycles. The molecule has 1 N–H and O–H groups in total.